The number of hydrogen-bond donors (Lipinski definition) is 1. The summed E-state index contributed by atoms with van der Waals surface area (Å²) in [6.07, 6.45) is 0.734. The first kappa shape index (κ1) is 19.8. The summed E-state index contributed by atoms with van der Waals surface area (Å²) in [5.41, 5.74) is 0.0580. The lowest BCUT2D eigenvalue weighted by Crippen LogP contribution is -2.35. The van der Waals surface area contributed by atoms with Crippen LogP contribution in [0.5, 0.6) is 0 Å². The quantitative estimate of drug-likeness (QED) is 0.657. The Bertz CT molecular complexity index is 1070. The van der Waals surface area contributed by atoms with Gasteiger partial charge in [-0.3, -0.25) is 9.59 Å². The van der Waals surface area contributed by atoms with Gasteiger partial charge >= 0.3 is 5.97 Å². The Morgan fingerprint density at radius 2 is 1.75 bits per heavy atom. The number of ketones is 1. The van der Waals surface area contributed by atoms with Crippen LogP contribution in [0.3, 0.4) is 0 Å². The molecule has 1 amide bonds. The molecule has 1 aliphatic heterocycles. The molecule has 0 aliphatic carbocycles. The maximum absolute atomic E-state index is 12.9. The summed E-state index contributed by atoms with van der Waals surface area (Å²) in [7, 11) is -3.95. The molecule has 1 atom stereocenters. The average Bonchev–Trinajstić information content (AvgIpc) is 2.70. The van der Waals surface area contributed by atoms with Crippen LogP contribution < -0.4 is 5.32 Å². The molecule has 1 N–H and O–H groups in total. The van der Waals surface area contributed by atoms with Crippen molar-refractivity contribution in [3.05, 3.63) is 59.2 Å². The number of ether oxygens (including phenoxy) is 1. The predicted molar refractivity (Wildman–Crippen MR) is 99.9 cm³/mol. The van der Waals surface area contributed by atoms with Crippen molar-refractivity contribution in [2.24, 2.45) is 0 Å². The first-order valence-electron chi connectivity index (χ1n) is 8.75. The molecule has 2 aromatic rings. The molecule has 0 aromatic heterocycles. The highest BCUT2D eigenvalue weighted by Gasteiger charge is 2.35. The second kappa shape index (κ2) is 7.55. The number of sulfone groups is 1. The highest BCUT2D eigenvalue weighted by Crippen LogP contribution is 2.34. The third-order valence-electron chi connectivity index (χ3n) is 4.53. The van der Waals surface area contributed by atoms with Crippen LogP contribution in [-0.2, 0) is 19.4 Å². The highest BCUT2D eigenvalue weighted by atomic mass is 32.2. The molecule has 0 spiro atoms. The Morgan fingerprint density at radius 3 is 2.46 bits per heavy atom. The monoisotopic (exact) mass is 401 g/mol. The minimum absolute atomic E-state index is 0.00441. The molecule has 0 radical (unpaired) electrons. The fraction of sp³-hybridized carbons (Fsp3) is 0.250. The smallest absolute Gasteiger partial charge is 0.338 e. The number of esters is 1. The third-order valence-corrected chi connectivity index (χ3v) is 6.38. The molecule has 0 saturated heterocycles. The van der Waals surface area contributed by atoms with E-state index in [9.17, 15) is 22.8 Å². The molecule has 2 aromatic carbocycles. The largest absolute Gasteiger partial charge is 0.452 e. The summed E-state index contributed by atoms with van der Waals surface area (Å²) in [5.74, 6) is -1.71. The van der Waals surface area contributed by atoms with Gasteiger partial charge in [0.15, 0.2) is 12.4 Å². The van der Waals surface area contributed by atoms with Crippen LogP contribution in [0.15, 0.2) is 52.3 Å². The van der Waals surface area contributed by atoms with E-state index in [1.807, 2.05) is 13.8 Å². The van der Waals surface area contributed by atoms with Crippen molar-refractivity contribution in [1.82, 2.24) is 5.32 Å². The van der Waals surface area contributed by atoms with E-state index in [1.165, 1.54) is 30.3 Å². The lowest BCUT2D eigenvalue weighted by molar-refractivity contribution is -0.124. The van der Waals surface area contributed by atoms with Gasteiger partial charge in [-0.25, -0.2) is 13.2 Å². The van der Waals surface area contributed by atoms with Crippen LogP contribution in [0.25, 0.3) is 0 Å². The number of fused-ring (bicyclic) bond motifs is 2. The van der Waals surface area contributed by atoms with Crippen LogP contribution >= 0.6 is 0 Å². The third kappa shape index (κ3) is 3.55. The van der Waals surface area contributed by atoms with Crippen LogP contribution in [0.1, 0.15) is 46.5 Å². The van der Waals surface area contributed by atoms with Crippen molar-refractivity contribution < 1.29 is 27.5 Å². The van der Waals surface area contributed by atoms with Crippen molar-refractivity contribution in [2.45, 2.75) is 36.1 Å². The molecule has 3 rings (SSSR count). The summed E-state index contributed by atoms with van der Waals surface area (Å²) in [6.45, 7) is 3.25. The van der Waals surface area contributed by atoms with E-state index in [4.69, 9.17) is 4.74 Å². The van der Waals surface area contributed by atoms with Crippen molar-refractivity contribution in [2.75, 3.05) is 6.61 Å². The Hall–Kier alpha value is -3.00. The number of nitrogens with one attached hydrogen (secondary N) is 1. The molecular weight excluding hydrogens is 382 g/mol. The molecule has 0 fully saturated rings. The second-order valence-electron chi connectivity index (χ2n) is 6.49. The van der Waals surface area contributed by atoms with E-state index in [-0.39, 0.29) is 32.5 Å². The molecule has 0 unspecified atom stereocenters. The van der Waals surface area contributed by atoms with Gasteiger partial charge < -0.3 is 10.1 Å². The summed E-state index contributed by atoms with van der Waals surface area (Å²) >= 11 is 0. The second-order valence-corrected chi connectivity index (χ2v) is 8.38. The molecule has 8 heteroatoms. The zero-order valence-corrected chi connectivity index (χ0v) is 16.2. The average molecular weight is 401 g/mol. The maximum Gasteiger partial charge on any atom is 0.338 e. The SMILES string of the molecule is CC[C@H](C)NC(=O)COC(=O)c1ccc2c(c1)S(=O)(=O)c1ccccc1C2=O. The Morgan fingerprint density at radius 1 is 1.07 bits per heavy atom. The molecule has 7 nitrogen and oxygen atoms in total. The number of rotatable bonds is 5. The summed E-state index contributed by atoms with van der Waals surface area (Å²) in [6, 6.07) is 9.61. The van der Waals surface area contributed by atoms with Crippen molar-refractivity contribution in [1.29, 1.82) is 0 Å². The van der Waals surface area contributed by atoms with Gasteiger partial charge in [0.2, 0.25) is 9.84 Å². The minimum atomic E-state index is -3.95. The van der Waals surface area contributed by atoms with Gasteiger partial charge in [0, 0.05) is 17.2 Å². The zero-order chi connectivity index (χ0) is 20.5. The number of carbonyl (C=O) groups is 3. The van der Waals surface area contributed by atoms with Crippen molar-refractivity contribution in [3.63, 3.8) is 0 Å². The van der Waals surface area contributed by atoms with Crippen LogP contribution in [0.4, 0.5) is 0 Å². The topological polar surface area (TPSA) is 107 Å². The van der Waals surface area contributed by atoms with E-state index >= 15 is 0 Å². The highest BCUT2D eigenvalue weighted by molar-refractivity contribution is 7.91. The lowest BCUT2D eigenvalue weighted by Gasteiger charge is -2.19. The maximum atomic E-state index is 12.9. The van der Waals surface area contributed by atoms with Crippen molar-refractivity contribution >= 4 is 27.5 Å². The van der Waals surface area contributed by atoms with E-state index in [0.717, 1.165) is 12.5 Å². The minimum Gasteiger partial charge on any atom is -0.452 e. The Kier molecular flexibility index (Phi) is 5.33. The first-order valence-corrected chi connectivity index (χ1v) is 10.2. The zero-order valence-electron chi connectivity index (χ0n) is 15.4. The Labute approximate surface area is 162 Å². The van der Waals surface area contributed by atoms with Crippen LogP contribution in [0.2, 0.25) is 0 Å². The molecule has 1 aliphatic rings. The van der Waals surface area contributed by atoms with Gasteiger partial charge in [0.25, 0.3) is 5.91 Å². The number of carbonyl (C=O) groups excluding carboxylic acids is 3. The molecular formula is C20H19NO6S. The van der Waals surface area contributed by atoms with Crippen molar-refractivity contribution in [3.8, 4) is 0 Å². The van der Waals surface area contributed by atoms with Gasteiger partial charge in [0.1, 0.15) is 0 Å². The Balaban J connectivity index is 1.86. The molecule has 0 bridgehead atoms. The first-order chi connectivity index (χ1) is 13.3. The number of hydrogen-bond acceptors (Lipinski definition) is 6. The van der Waals surface area contributed by atoms with E-state index in [2.05, 4.69) is 5.32 Å². The molecule has 146 valence electrons. The van der Waals surface area contributed by atoms with Gasteiger partial charge in [-0.05, 0) is 43.7 Å². The molecule has 0 saturated carbocycles. The fourth-order valence-electron chi connectivity index (χ4n) is 2.84. The fourth-order valence-corrected chi connectivity index (χ4v) is 4.52. The van der Waals surface area contributed by atoms with Gasteiger partial charge in [-0.15, -0.1) is 0 Å². The lowest BCUT2D eigenvalue weighted by atomic mass is 10.0. The molecule has 28 heavy (non-hydrogen) atoms. The van der Waals surface area contributed by atoms with Gasteiger partial charge in [-0.1, -0.05) is 19.1 Å². The van der Waals surface area contributed by atoms with Crippen LogP contribution in [0, 0.1) is 0 Å². The van der Waals surface area contributed by atoms with E-state index < -0.39 is 34.1 Å². The van der Waals surface area contributed by atoms with Crippen LogP contribution in [-0.4, -0.2) is 38.7 Å². The normalized spacial score (nSPS) is 15.1. The predicted octanol–water partition coefficient (Wildman–Crippen LogP) is 2.14. The summed E-state index contributed by atoms with van der Waals surface area (Å²) in [4.78, 5) is 36.2. The number of benzene rings is 2. The summed E-state index contributed by atoms with van der Waals surface area (Å²) in [5, 5.41) is 2.66. The van der Waals surface area contributed by atoms with Gasteiger partial charge in [0.05, 0.1) is 15.4 Å². The van der Waals surface area contributed by atoms with Gasteiger partial charge in [-0.2, -0.15) is 0 Å². The number of amides is 1. The summed E-state index contributed by atoms with van der Waals surface area (Å²) < 4.78 is 30.7. The molecule has 1 heterocycles. The van der Waals surface area contributed by atoms with E-state index in [0.29, 0.717) is 0 Å². The standard InChI is InChI=1S/C20H19NO6S/c1-3-12(2)21-18(22)11-27-20(24)13-8-9-15-17(10-13)28(25,26)16-7-5-4-6-14(16)19(15)23/h4-10,12H,3,11H2,1-2H3,(H,21,22)/t12-/m0/s1. The van der Waals surface area contributed by atoms with E-state index in [1.54, 1.807) is 6.07 Å².